The SMILES string of the molecule is COc1ccc(OC)c(NCc2c(Cl)cccc2Cl)c1. The molecule has 1 N–H and O–H groups in total. The standard InChI is InChI=1S/C15H15Cl2NO2/c1-19-10-6-7-15(20-2)14(8-10)18-9-11-12(16)4-3-5-13(11)17/h3-8,18H,9H2,1-2H3. The summed E-state index contributed by atoms with van der Waals surface area (Å²) in [7, 11) is 3.24. The molecule has 2 aromatic carbocycles. The van der Waals surface area contributed by atoms with E-state index in [1.807, 2.05) is 36.4 Å². The van der Waals surface area contributed by atoms with Crippen molar-refractivity contribution >= 4 is 28.9 Å². The normalized spacial score (nSPS) is 10.2. The van der Waals surface area contributed by atoms with E-state index in [1.165, 1.54) is 0 Å². The van der Waals surface area contributed by atoms with Crippen molar-refractivity contribution in [2.75, 3.05) is 19.5 Å². The first kappa shape index (κ1) is 14.8. The van der Waals surface area contributed by atoms with Gasteiger partial charge in [-0.25, -0.2) is 0 Å². The van der Waals surface area contributed by atoms with Gasteiger partial charge in [0.1, 0.15) is 11.5 Å². The summed E-state index contributed by atoms with van der Waals surface area (Å²) in [5.41, 5.74) is 1.67. The average Bonchev–Trinajstić information content (AvgIpc) is 2.46. The highest BCUT2D eigenvalue weighted by atomic mass is 35.5. The summed E-state index contributed by atoms with van der Waals surface area (Å²) in [6.07, 6.45) is 0. The van der Waals surface area contributed by atoms with Crippen LogP contribution in [0, 0.1) is 0 Å². The number of methoxy groups -OCH3 is 2. The number of anilines is 1. The summed E-state index contributed by atoms with van der Waals surface area (Å²) >= 11 is 12.3. The van der Waals surface area contributed by atoms with Crippen molar-refractivity contribution in [2.24, 2.45) is 0 Å². The maximum absolute atomic E-state index is 6.15. The molecule has 0 atom stereocenters. The Kier molecular flexibility index (Phi) is 4.99. The van der Waals surface area contributed by atoms with E-state index in [9.17, 15) is 0 Å². The van der Waals surface area contributed by atoms with Gasteiger partial charge in [0.15, 0.2) is 0 Å². The number of nitrogens with one attached hydrogen (secondary N) is 1. The summed E-state index contributed by atoms with van der Waals surface area (Å²) in [6, 6.07) is 11.0. The predicted octanol–water partition coefficient (Wildman–Crippen LogP) is 4.62. The number of rotatable bonds is 5. The van der Waals surface area contributed by atoms with Crippen LogP contribution in [-0.4, -0.2) is 14.2 Å². The van der Waals surface area contributed by atoms with Gasteiger partial charge >= 0.3 is 0 Å². The summed E-state index contributed by atoms with van der Waals surface area (Å²) in [6.45, 7) is 0.502. The number of hydrogen-bond acceptors (Lipinski definition) is 3. The third-order valence-corrected chi connectivity index (χ3v) is 3.63. The molecule has 0 aliphatic heterocycles. The molecule has 0 unspecified atom stereocenters. The lowest BCUT2D eigenvalue weighted by atomic mass is 10.2. The highest BCUT2D eigenvalue weighted by Crippen LogP contribution is 2.31. The second-order valence-corrected chi connectivity index (χ2v) is 4.93. The van der Waals surface area contributed by atoms with E-state index in [-0.39, 0.29) is 0 Å². The van der Waals surface area contributed by atoms with Crippen LogP contribution in [0.3, 0.4) is 0 Å². The molecule has 2 rings (SSSR count). The smallest absolute Gasteiger partial charge is 0.142 e. The second-order valence-electron chi connectivity index (χ2n) is 4.12. The first-order chi connectivity index (χ1) is 9.65. The minimum Gasteiger partial charge on any atom is -0.497 e. The zero-order valence-electron chi connectivity index (χ0n) is 11.2. The maximum Gasteiger partial charge on any atom is 0.142 e. The van der Waals surface area contributed by atoms with Gasteiger partial charge in [0.2, 0.25) is 0 Å². The molecule has 3 nitrogen and oxygen atoms in total. The zero-order valence-corrected chi connectivity index (χ0v) is 12.8. The van der Waals surface area contributed by atoms with Gasteiger partial charge in [-0.05, 0) is 24.3 Å². The molecule has 0 saturated carbocycles. The highest BCUT2D eigenvalue weighted by Gasteiger charge is 2.08. The Morgan fingerprint density at radius 3 is 2.30 bits per heavy atom. The van der Waals surface area contributed by atoms with E-state index in [4.69, 9.17) is 32.7 Å². The third-order valence-electron chi connectivity index (χ3n) is 2.92. The van der Waals surface area contributed by atoms with Crippen molar-refractivity contribution in [1.82, 2.24) is 0 Å². The maximum atomic E-state index is 6.15. The molecule has 0 aliphatic carbocycles. The zero-order chi connectivity index (χ0) is 14.5. The van der Waals surface area contributed by atoms with Crippen molar-refractivity contribution < 1.29 is 9.47 Å². The number of benzene rings is 2. The minimum atomic E-state index is 0.502. The van der Waals surface area contributed by atoms with Crippen molar-refractivity contribution in [3.05, 3.63) is 52.0 Å². The molecule has 0 fully saturated rings. The minimum absolute atomic E-state index is 0.502. The molecule has 106 valence electrons. The van der Waals surface area contributed by atoms with E-state index in [0.29, 0.717) is 16.6 Å². The third kappa shape index (κ3) is 3.30. The molecular weight excluding hydrogens is 297 g/mol. The Labute approximate surface area is 128 Å². The summed E-state index contributed by atoms with van der Waals surface area (Å²) in [5, 5.41) is 4.53. The van der Waals surface area contributed by atoms with E-state index in [1.54, 1.807) is 14.2 Å². The monoisotopic (exact) mass is 311 g/mol. The summed E-state index contributed by atoms with van der Waals surface area (Å²) < 4.78 is 10.5. The Morgan fingerprint density at radius 2 is 1.70 bits per heavy atom. The fourth-order valence-corrected chi connectivity index (χ4v) is 2.37. The lowest BCUT2D eigenvalue weighted by Gasteiger charge is -2.14. The molecule has 20 heavy (non-hydrogen) atoms. The lowest BCUT2D eigenvalue weighted by Crippen LogP contribution is -2.03. The van der Waals surface area contributed by atoms with E-state index >= 15 is 0 Å². The Morgan fingerprint density at radius 1 is 1.00 bits per heavy atom. The van der Waals surface area contributed by atoms with Crippen LogP contribution in [0.5, 0.6) is 11.5 Å². The van der Waals surface area contributed by atoms with Crippen LogP contribution in [-0.2, 0) is 6.54 Å². The van der Waals surface area contributed by atoms with Crippen molar-refractivity contribution in [1.29, 1.82) is 0 Å². The Hall–Kier alpha value is -1.58. The van der Waals surface area contributed by atoms with Crippen LogP contribution in [0.4, 0.5) is 5.69 Å². The molecular formula is C15H15Cl2NO2. The molecule has 5 heteroatoms. The molecule has 0 spiro atoms. The van der Waals surface area contributed by atoms with E-state index < -0.39 is 0 Å². The topological polar surface area (TPSA) is 30.5 Å². The molecule has 0 radical (unpaired) electrons. The lowest BCUT2D eigenvalue weighted by molar-refractivity contribution is 0.404. The quantitative estimate of drug-likeness (QED) is 0.873. The largest absolute Gasteiger partial charge is 0.497 e. The Balaban J connectivity index is 2.22. The number of hydrogen-bond donors (Lipinski definition) is 1. The van der Waals surface area contributed by atoms with Crippen molar-refractivity contribution in [2.45, 2.75) is 6.54 Å². The van der Waals surface area contributed by atoms with Gasteiger partial charge in [0.25, 0.3) is 0 Å². The summed E-state index contributed by atoms with van der Waals surface area (Å²) in [5.74, 6) is 1.48. The summed E-state index contributed by atoms with van der Waals surface area (Å²) in [4.78, 5) is 0. The Bertz CT molecular complexity index is 582. The van der Waals surface area contributed by atoms with Crippen LogP contribution in [0.1, 0.15) is 5.56 Å². The number of ether oxygens (including phenoxy) is 2. The van der Waals surface area contributed by atoms with Crippen LogP contribution < -0.4 is 14.8 Å². The molecule has 0 aliphatic rings. The van der Waals surface area contributed by atoms with Crippen molar-refractivity contribution in [3.63, 3.8) is 0 Å². The van der Waals surface area contributed by atoms with Gasteiger partial charge in [0, 0.05) is 28.2 Å². The van der Waals surface area contributed by atoms with Crippen LogP contribution >= 0.6 is 23.2 Å². The van der Waals surface area contributed by atoms with Crippen LogP contribution in [0.25, 0.3) is 0 Å². The van der Waals surface area contributed by atoms with Gasteiger partial charge in [-0.1, -0.05) is 29.3 Å². The molecule has 0 bridgehead atoms. The first-order valence-corrected chi connectivity index (χ1v) is 6.80. The van der Waals surface area contributed by atoms with Crippen LogP contribution in [0.15, 0.2) is 36.4 Å². The number of halogens is 2. The van der Waals surface area contributed by atoms with Gasteiger partial charge in [-0.2, -0.15) is 0 Å². The van der Waals surface area contributed by atoms with E-state index in [0.717, 1.165) is 22.7 Å². The molecule has 0 amide bonds. The average molecular weight is 312 g/mol. The fraction of sp³-hybridized carbons (Fsp3) is 0.200. The predicted molar refractivity (Wildman–Crippen MR) is 83.3 cm³/mol. The van der Waals surface area contributed by atoms with Gasteiger partial charge < -0.3 is 14.8 Å². The first-order valence-electron chi connectivity index (χ1n) is 6.04. The second kappa shape index (κ2) is 6.73. The molecule has 0 saturated heterocycles. The molecule has 2 aromatic rings. The van der Waals surface area contributed by atoms with Gasteiger partial charge in [-0.15, -0.1) is 0 Å². The van der Waals surface area contributed by atoms with Gasteiger partial charge in [0.05, 0.1) is 19.9 Å². The van der Waals surface area contributed by atoms with Crippen molar-refractivity contribution in [3.8, 4) is 11.5 Å². The van der Waals surface area contributed by atoms with Crippen LogP contribution in [0.2, 0.25) is 10.0 Å². The fourth-order valence-electron chi connectivity index (χ4n) is 1.84. The van der Waals surface area contributed by atoms with Gasteiger partial charge in [-0.3, -0.25) is 0 Å². The molecule has 0 heterocycles. The highest BCUT2D eigenvalue weighted by molar-refractivity contribution is 6.36. The molecule has 0 aromatic heterocycles. The van der Waals surface area contributed by atoms with E-state index in [2.05, 4.69) is 5.32 Å².